The molecule has 0 fully saturated rings. The van der Waals surface area contributed by atoms with Gasteiger partial charge in [-0.3, -0.25) is 9.71 Å². The second-order valence-corrected chi connectivity index (χ2v) is 5.58. The molecule has 1 aromatic heterocycles. The number of hydrogen-bond donors (Lipinski definition) is 2. The Balaban J connectivity index is 2.45. The van der Waals surface area contributed by atoms with Crippen LogP contribution in [0.5, 0.6) is 0 Å². The first-order chi connectivity index (χ1) is 9.42. The van der Waals surface area contributed by atoms with Crippen molar-refractivity contribution in [1.29, 1.82) is 0 Å². The summed E-state index contributed by atoms with van der Waals surface area (Å²) in [5, 5.41) is 9.01. The van der Waals surface area contributed by atoms with Crippen LogP contribution in [0.15, 0.2) is 41.7 Å². The quantitative estimate of drug-likeness (QED) is 0.879. The fourth-order valence-corrected chi connectivity index (χ4v) is 2.94. The minimum Gasteiger partial charge on any atom is -0.478 e. The molecule has 7 nitrogen and oxygen atoms in total. The van der Waals surface area contributed by atoms with E-state index in [9.17, 15) is 13.2 Å². The average Bonchev–Trinajstić information content (AvgIpc) is 2.39. The van der Waals surface area contributed by atoms with Crippen LogP contribution in [0.1, 0.15) is 15.9 Å². The Bertz CT molecular complexity index is 745. The first-order valence-electron chi connectivity index (χ1n) is 5.53. The lowest BCUT2D eigenvalue weighted by Crippen LogP contribution is -2.16. The number of nitrogens with one attached hydrogen (secondary N) is 1. The standard InChI is InChI=1S/C12H11N3O4S/c1-8-9(12(16)17)3-2-4-10(8)20(18,19)15-11-7-13-5-6-14-11/h2-7H,1H3,(H,14,15)(H,16,17). The van der Waals surface area contributed by atoms with Crippen LogP contribution >= 0.6 is 0 Å². The third-order valence-electron chi connectivity index (χ3n) is 2.61. The first-order valence-corrected chi connectivity index (χ1v) is 7.02. The van der Waals surface area contributed by atoms with Gasteiger partial charge in [0.15, 0.2) is 5.82 Å². The number of nitrogens with zero attached hydrogens (tertiary/aromatic N) is 2. The Labute approximate surface area is 115 Å². The molecule has 2 N–H and O–H groups in total. The molecular weight excluding hydrogens is 282 g/mol. The second kappa shape index (κ2) is 5.25. The normalized spacial score (nSPS) is 11.1. The molecule has 104 valence electrons. The number of carboxylic acid groups (broad SMARTS) is 1. The molecule has 0 saturated heterocycles. The number of aromatic carboxylic acids is 1. The smallest absolute Gasteiger partial charge is 0.335 e. The lowest BCUT2D eigenvalue weighted by molar-refractivity contribution is 0.0696. The van der Waals surface area contributed by atoms with Gasteiger partial charge in [-0.15, -0.1) is 0 Å². The SMILES string of the molecule is Cc1c(C(=O)O)cccc1S(=O)(=O)Nc1cnccn1. The first kappa shape index (κ1) is 13.9. The van der Waals surface area contributed by atoms with E-state index >= 15 is 0 Å². The van der Waals surface area contributed by atoms with Crippen molar-refractivity contribution in [2.24, 2.45) is 0 Å². The fraction of sp³-hybridized carbons (Fsp3) is 0.0833. The number of benzene rings is 1. The van der Waals surface area contributed by atoms with Crippen LogP contribution in [0.2, 0.25) is 0 Å². The molecule has 1 heterocycles. The van der Waals surface area contributed by atoms with Crippen molar-refractivity contribution < 1.29 is 18.3 Å². The molecule has 0 aliphatic heterocycles. The summed E-state index contributed by atoms with van der Waals surface area (Å²) >= 11 is 0. The summed E-state index contributed by atoms with van der Waals surface area (Å²) in [6.07, 6.45) is 4.01. The number of anilines is 1. The topological polar surface area (TPSA) is 109 Å². The number of carboxylic acids is 1. The van der Waals surface area contributed by atoms with Gasteiger partial charge in [-0.25, -0.2) is 18.2 Å². The lowest BCUT2D eigenvalue weighted by Gasteiger charge is -2.10. The molecule has 0 saturated carbocycles. The van der Waals surface area contributed by atoms with E-state index in [4.69, 9.17) is 5.11 Å². The van der Waals surface area contributed by atoms with Crippen LogP contribution in [-0.2, 0) is 10.0 Å². The summed E-state index contributed by atoms with van der Waals surface area (Å²) in [6.45, 7) is 1.44. The Morgan fingerprint density at radius 1 is 1.30 bits per heavy atom. The zero-order valence-electron chi connectivity index (χ0n) is 10.4. The van der Waals surface area contributed by atoms with Gasteiger partial charge in [0, 0.05) is 12.4 Å². The molecule has 20 heavy (non-hydrogen) atoms. The number of aromatic nitrogens is 2. The highest BCUT2D eigenvalue weighted by Crippen LogP contribution is 2.21. The van der Waals surface area contributed by atoms with Crippen LogP contribution in [0.25, 0.3) is 0 Å². The summed E-state index contributed by atoms with van der Waals surface area (Å²) in [6, 6.07) is 4.06. The molecule has 0 atom stereocenters. The highest BCUT2D eigenvalue weighted by Gasteiger charge is 2.21. The van der Waals surface area contributed by atoms with Gasteiger partial charge in [0.2, 0.25) is 0 Å². The fourth-order valence-electron chi connectivity index (χ4n) is 1.68. The summed E-state index contributed by atoms with van der Waals surface area (Å²) in [4.78, 5) is 18.5. The summed E-state index contributed by atoms with van der Waals surface area (Å²) in [5.74, 6) is -1.12. The van der Waals surface area contributed by atoms with Crippen LogP contribution in [-0.4, -0.2) is 29.5 Å². The van der Waals surface area contributed by atoms with Crippen LogP contribution < -0.4 is 4.72 Å². The van der Waals surface area contributed by atoms with E-state index < -0.39 is 16.0 Å². The number of sulfonamides is 1. The summed E-state index contributed by atoms with van der Waals surface area (Å²) in [5.41, 5.74) is 0.100. The van der Waals surface area contributed by atoms with Crippen LogP contribution in [0.4, 0.5) is 5.82 Å². The van der Waals surface area contributed by atoms with E-state index in [1.165, 1.54) is 43.7 Å². The molecule has 0 radical (unpaired) electrons. The predicted octanol–water partition coefficient (Wildman–Crippen LogP) is 1.28. The predicted molar refractivity (Wildman–Crippen MR) is 71.0 cm³/mol. The molecule has 0 amide bonds. The molecule has 1 aromatic carbocycles. The summed E-state index contributed by atoms with van der Waals surface area (Å²) < 4.78 is 26.7. The van der Waals surface area contributed by atoms with Gasteiger partial charge >= 0.3 is 5.97 Å². The number of carbonyl (C=O) groups is 1. The van der Waals surface area contributed by atoms with E-state index in [1.54, 1.807) is 0 Å². The average molecular weight is 293 g/mol. The highest BCUT2D eigenvalue weighted by atomic mass is 32.2. The van der Waals surface area contributed by atoms with Gasteiger partial charge < -0.3 is 5.11 Å². The minimum absolute atomic E-state index is 0.0626. The lowest BCUT2D eigenvalue weighted by atomic mass is 10.1. The maximum Gasteiger partial charge on any atom is 0.335 e. The molecule has 2 rings (SSSR count). The van der Waals surface area contributed by atoms with E-state index in [0.29, 0.717) is 0 Å². The molecule has 8 heteroatoms. The number of hydrogen-bond acceptors (Lipinski definition) is 5. The molecular formula is C12H11N3O4S. The molecule has 2 aromatic rings. The molecule has 0 aliphatic carbocycles. The maximum absolute atomic E-state index is 12.2. The van der Waals surface area contributed by atoms with Crippen molar-refractivity contribution in [3.63, 3.8) is 0 Å². The van der Waals surface area contributed by atoms with E-state index in [0.717, 1.165) is 0 Å². The van der Waals surface area contributed by atoms with Crippen molar-refractivity contribution >= 4 is 21.8 Å². The van der Waals surface area contributed by atoms with Crippen molar-refractivity contribution in [3.8, 4) is 0 Å². The Morgan fingerprint density at radius 2 is 2.05 bits per heavy atom. The highest BCUT2D eigenvalue weighted by molar-refractivity contribution is 7.92. The Morgan fingerprint density at radius 3 is 2.65 bits per heavy atom. The minimum atomic E-state index is -3.92. The zero-order valence-corrected chi connectivity index (χ0v) is 11.3. The molecule has 0 aliphatic rings. The van der Waals surface area contributed by atoms with Gasteiger partial charge in [0.25, 0.3) is 10.0 Å². The molecule has 0 unspecified atom stereocenters. The third-order valence-corrected chi connectivity index (χ3v) is 4.11. The van der Waals surface area contributed by atoms with Gasteiger partial charge in [-0.05, 0) is 24.6 Å². The van der Waals surface area contributed by atoms with Crippen LogP contribution in [0, 0.1) is 6.92 Å². The molecule has 0 spiro atoms. The van der Waals surface area contributed by atoms with E-state index in [2.05, 4.69) is 14.7 Å². The largest absolute Gasteiger partial charge is 0.478 e. The van der Waals surface area contributed by atoms with Crippen molar-refractivity contribution in [1.82, 2.24) is 9.97 Å². The zero-order chi connectivity index (χ0) is 14.8. The van der Waals surface area contributed by atoms with Gasteiger partial charge in [-0.1, -0.05) is 6.07 Å². The molecule has 0 bridgehead atoms. The van der Waals surface area contributed by atoms with Crippen molar-refractivity contribution in [2.75, 3.05) is 4.72 Å². The summed E-state index contributed by atoms with van der Waals surface area (Å²) in [7, 11) is -3.92. The van der Waals surface area contributed by atoms with Crippen molar-refractivity contribution in [3.05, 3.63) is 47.9 Å². The third kappa shape index (κ3) is 2.75. The Hall–Kier alpha value is -2.48. The maximum atomic E-state index is 12.2. The van der Waals surface area contributed by atoms with E-state index in [-0.39, 0.29) is 21.8 Å². The van der Waals surface area contributed by atoms with E-state index in [1.807, 2.05) is 0 Å². The van der Waals surface area contributed by atoms with Crippen molar-refractivity contribution in [2.45, 2.75) is 11.8 Å². The second-order valence-electron chi connectivity index (χ2n) is 3.93. The monoisotopic (exact) mass is 293 g/mol. The van der Waals surface area contributed by atoms with Gasteiger partial charge in [-0.2, -0.15) is 0 Å². The van der Waals surface area contributed by atoms with Gasteiger partial charge in [0.1, 0.15) is 0 Å². The van der Waals surface area contributed by atoms with Gasteiger partial charge in [0.05, 0.1) is 16.7 Å². The van der Waals surface area contributed by atoms with Crippen LogP contribution in [0.3, 0.4) is 0 Å². The Kier molecular flexibility index (Phi) is 3.66. The number of rotatable bonds is 4.